The molecule has 2 aliphatic heterocycles. The molecule has 2 amide bonds. The quantitative estimate of drug-likeness (QED) is 0.292. The van der Waals surface area contributed by atoms with Crippen LogP contribution in [0.1, 0.15) is 56.3 Å². The monoisotopic (exact) mass is 682 g/mol. The van der Waals surface area contributed by atoms with E-state index in [9.17, 15) is 24.6 Å². The highest BCUT2D eigenvalue weighted by Crippen LogP contribution is 2.80. The van der Waals surface area contributed by atoms with E-state index in [0.29, 0.717) is 25.9 Å². The second-order valence-electron chi connectivity index (χ2n) is 16.0. The molecule has 7 fully saturated rings. The summed E-state index contributed by atoms with van der Waals surface area (Å²) < 4.78 is 31.4. The van der Waals surface area contributed by atoms with Crippen molar-refractivity contribution in [3.05, 3.63) is 29.8 Å². The van der Waals surface area contributed by atoms with Crippen molar-refractivity contribution in [2.45, 2.75) is 87.6 Å². The summed E-state index contributed by atoms with van der Waals surface area (Å²) in [5.74, 6) is -2.47. The van der Waals surface area contributed by atoms with Crippen molar-refractivity contribution in [1.82, 2.24) is 4.90 Å². The predicted octanol–water partition coefficient (Wildman–Crippen LogP) is 2.04. The van der Waals surface area contributed by atoms with Gasteiger partial charge in [-0.3, -0.25) is 14.5 Å². The first-order chi connectivity index (χ1) is 23.4. The van der Waals surface area contributed by atoms with E-state index in [4.69, 9.17) is 23.7 Å². The molecule has 12 heteroatoms. The summed E-state index contributed by atoms with van der Waals surface area (Å²) in [5.41, 5.74) is -4.17. The molecule has 2 unspecified atom stereocenters. The van der Waals surface area contributed by atoms with Crippen LogP contribution >= 0.6 is 0 Å². The first kappa shape index (κ1) is 33.7. The zero-order chi connectivity index (χ0) is 34.8. The summed E-state index contributed by atoms with van der Waals surface area (Å²) in [5, 5.41) is 26.6. The van der Waals surface area contributed by atoms with Crippen LogP contribution in [0.3, 0.4) is 0 Å². The molecule has 8 rings (SSSR count). The summed E-state index contributed by atoms with van der Waals surface area (Å²) in [7, 11) is 6.70. The van der Waals surface area contributed by atoms with Crippen molar-refractivity contribution in [3.63, 3.8) is 0 Å². The van der Waals surface area contributed by atoms with Gasteiger partial charge in [-0.25, -0.2) is 9.69 Å². The zero-order valence-corrected chi connectivity index (χ0v) is 29.3. The number of hydrogen-bond acceptors (Lipinski definition) is 11. The standard InChI is InChI=1S/C37H50N2O10/c1-7-38-17-34(18-49-32(42)20-10-8-9-11-23(20)39-26(40)14-19(2)31(39)41)13-12-25(46-4)36-22-15-21-24(45-3)16-35(43,27(22)28(21)47-5)37(44,33(36)38)30(48-6)29(34)36/h8-11,19,21-22,24-25,27-30,33,43-44H,7,12-18H2,1-6H3/t19-,21+,22+,24-,25-,27+,28-,29+,30?,33?,34-,35+,36-,37+/m0/s1. The Hall–Kier alpha value is -2.45. The number of esters is 1. The number of amides is 2. The summed E-state index contributed by atoms with van der Waals surface area (Å²) in [6, 6.07) is 6.12. The van der Waals surface area contributed by atoms with Crippen LogP contribution in [0.25, 0.3) is 0 Å². The van der Waals surface area contributed by atoms with Crippen molar-refractivity contribution >= 4 is 23.5 Å². The Morgan fingerprint density at radius 1 is 1.04 bits per heavy atom. The number of carbonyl (C=O) groups is 3. The fourth-order valence-electron chi connectivity index (χ4n) is 13.2. The number of ether oxygens (including phenoxy) is 5. The number of hydrogen-bond donors (Lipinski definition) is 2. The Kier molecular flexibility index (Phi) is 7.75. The van der Waals surface area contributed by atoms with Crippen LogP contribution in [0.4, 0.5) is 5.69 Å². The third-order valence-electron chi connectivity index (χ3n) is 14.5. The van der Waals surface area contributed by atoms with Gasteiger partial charge in [-0.1, -0.05) is 26.0 Å². The van der Waals surface area contributed by atoms with Crippen LogP contribution in [-0.2, 0) is 33.3 Å². The van der Waals surface area contributed by atoms with Crippen LogP contribution in [0.2, 0.25) is 0 Å². The minimum atomic E-state index is -1.70. The fourth-order valence-corrected chi connectivity index (χ4v) is 13.2. The van der Waals surface area contributed by atoms with E-state index < -0.39 is 46.1 Å². The molecule has 7 aliphatic rings. The van der Waals surface area contributed by atoms with Gasteiger partial charge in [0.05, 0.1) is 48.3 Å². The number of piperidine rings is 1. The van der Waals surface area contributed by atoms with Gasteiger partial charge in [-0.15, -0.1) is 0 Å². The van der Waals surface area contributed by atoms with Crippen LogP contribution in [0, 0.1) is 40.4 Å². The third kappa shape index (κ3) is 3.86. The van der Waals surface area contributed by atoms with Crippen molar-refractivity contribution in [2.75, 3.05) is 53.0 Å². The molecule has 1 aromatic carbocycles. The number of methoxy groups -OCH3 is 4. The number of aliphatic hydroxyl groups is 2. The lowest BCUT2D eigenvalue weighted by Gasteiger charge is -2.70. The molecule has 1 spiro atoms. The van der Waals surface area contributed by atoms with E-state index in [1.165, 1.54) is 0 Å². The van der Waals surface area contributed by atoms with E-state index in [2.05, 4.69) is 11.8 Å². The zero-order valence-electron chi connectivity index (χ0n) is 29.3. The van der Waals surface area contributed by atoms with Gasteiger partial charge in [-0.05, 0) is 43.9 Å². The molecule has 0 radical (unpaired) electrons. The van der Waals surface area contributed by atoms with Crippen LogP contribution < -0.4 is 4.90 Å². The first-order valence-electron chi connectivity index (χ1n) is 17.9. The van der Waals surface area contributed by atoms with Crippen LogP contribution in [0.5, 0.6) is 0 Å². The van der Waals surface area contributed by atoms with Crippen LogP contribution in [-0.4, -0.2) is 123 Å². The number of nitrogens with zero attached hydrogens (tertiary/aromatic N) is 2. The molecule has 12 nitrogen and oxygen atoms in total. The van der Waals surface area contributed by atoms with Gasteiger partial charge in [0.2, 0.25) is 11.8 Å². The Labute approximate surface area is 287 Å². The molecule has 2 N–H and O–H groups in total. The first-order valence-corrected chi connectivity index (χ1v) is 17.9. The molecule has 1 aromatic rings. The SMILES string of the molecule is CCN1C[C@]2(COC(=O)c3ccccc3N3C(=O)C[C@H](C)C3=O)CC[C@H](OC)[C@]34C1[C@](O)(C(OC)[C@H]23)[C@@]1(O)C[C@H](OC)[C@H]2C[C@@H]4[C@@H]1[C@H]2OC. The second-order valence-corrected chi connectivity index (χ2v) is 16.0. The van der Waals surface area contributed by atoms with Gasteiger partial charge < -0.3 is 33.9 Å². The molecule has 7 bridgehead atoms. The highest BCUT2D eigenvalue weighted by molar-refractivity contribution is 6.22. The molecule has 5 saturated carbocycles. The predicted molar refractivity (Wildman–Crippen MR) is 174 cm³/mol. The second kappa shape index (κ2) is 11.3. The minimum Gasteiger partial charge on any atom is -0.461 e. The highest BCUT2D eigenvalue weighted by Gasteiger charge is 2.91. The number of carbonyl (C=O) groups excluding carboxylic acids is 3. The van der Waals surface area contributed by atoms with Crippen molar-refractivity contribution in [1.29, 1.82) is 0 Å². The van der Waals surface area contributed by atoms with E-state index >= 15 is 0 Å². The fraction of sp³-hybridized carbons (Fsp3) is 0.757. The molecule has 2 saturated heterocycles. The number of imide groups is 1. The van der Waals surface area contributed by atoms with Gasteiger partial charge in [-0.2, -0.15) is 0 Å². The van der Waals surface area contributed by atoms with Gasteiger partial charge in [0, 0.05) is 82.3 Å². The molecule has 5 aliphatic carbocycles. The number of para-hydroxylation sites is 1. The summed E-state index contributed by atoms with van der Waals surface area (Å²) in [4.78, 5) is 43.3. The number of benzene rings is 1. The van der Waals surface area contributed by atoms with Crippen molar-refractivity contribution in [2.24, 2.45) is 40.4 Å². The lowest BCUT2D eigenvalue weighted by molar-refractivity contribution is -0.320. The van der Waals surface area contributed by atoms with E-state index in [-0.39, 0.29) is 84.5 Å². The Morgan fingerprint density at radius 3 is 2.43 bits per heavy atom. The lowest BCUT2D eigenvalue weighted by Crippen LogP contribution is -2.82. The molecule has 49 heavy (non-hydrogen) atoms. The van der Waals surface area contributed by atoms with Gasteiger partial charge >= 0.3 is 5.97 Å². The molecule has 268 valence electrons. The molecular weight excluding hydrogens is 632 g/mol. The third-order valence-corrected chi connectivity index (χ3v) is 14.5. The van der Waals surface area contributed by atoms with Gasteiger partial charge in [0.25, 0.3) is 0 Å². The van der Waals surface area contributed by atoms with Crippen LogP contribution in [0.15, 0.2) is 24.3 Å². The lowest BCUT2D eigenvalue weighted by atomic mass is 9.42. The molecule has 14 atom stereocenters. The number of likely N-dealkylation sites (N-methyl/N-ethyl adjacent to an activating group) is 1. The molecular formula is C37H50N2O10. The Morgan fingerprint density at radius 2 is 1.80 bits per heavy atom. The number of fused-ring (bicyclic) bond motifs is 2. The maximum absolute atomic E-state index is 14.1. The number of rotatable bonds is 9. The van der Waals surface area contributed by atoms with Crippen molar-refractivity contribution < 1.29 is 48.3 Å². The molecule has 2 heterocycles. The average Bonchev–Trinajstić information content (AvgIpc) is 3.63. The summed E-state index contributed by atoms with van der Waals surface area (Å²) >= 11 is 0. The summed E-state index contributed by atoms with van der Waals surface area (Å²) in [6.45, 7) is 4.95. The maximum atomic E-state index is 14.1. The van der Waals surface area contributed by atoms with E-state index in [0.717, 1.165) is 11.3 Å². The Bertz CT molecular complexity index is 1560. The Balaban J connectivity index is 1.23. The number of likely N-dealkylation sites (tertiary alicyclic amines) is 1. The smallest absolute Gasteiger partial charge is 0.340 e. The number of anilines is 1. The minimum absolute atomic E-state index is 0.0358. The highest BCUT2D eigenvalue weighted by atomic mass is 16.5. The molecule has 0 aromatic heterocycles. The topological polar surface area (TPSA) is 144 Å². The summed E-state index contributed by atoms with van der Waals surface area (Å²) in [6.07, 6.45) is 0.813. The largest absolute Gasteiger partial charge is 0.461 e. The van der Waals surface area contributed by atoms with E-state index in [1.807, 2.05) is 0 Å². The maximum Gasteiger partial charge on any atom is 0.340 e. The van der Waals surface area contributed by atoms with Gasteiger partial charge in [0.15, 0.2) is 0 Å². The average molecular weight is 683 g/mol. The van der Waals surface area contributed by atoms with Gasteiger partial charge in [0.1, 0.15) is 11.2 Å². The normalized spacial score (nSPS) is 48.0. The van der Waals surface area contributed by atoms with E-state index in [1.54, 1.807) is 59.6 Å². The van der Waals surface area contributed by atoms with Crippen molar-refractivity contribution in [3.8, 4) is 0 Å².